The van der Waals surface area contributed by atoms with Gasteiger partial charge in [0.05, 0.1) is 19.8 Å². The van der Waals surface area contributed by atoms with Crippen LogP contribution in [-0.4, -0.2) is 32.4 Å². The molecule has 1 aromatic carbocycles. The van der Waals surface area contributed by atoms with Crippen molar-refractivity contribution >= 4 is 28.5 Å². The van der Waals surface area contributed by atoms with Gasteiger partial charge < -0.3 is 14.8 Å². The molecule has 0 radical (unpaired) electrons. The summed E-state index contributed by atoms with van der Waals surface area (Å²) in [6.07, 6.45) is 8.29. The predicted molar refractivity (Wildman–Crippen MR) is 117 cm³/mol. The number of hydrogen-bond donors (Lipinski definition) is 1. The van der Waals surface area contributed by atoms with Gasteiger partial charge in [-0.25, -0.2) is 4.99 Å². The van der Waals surface area contributed by atoms with Crippen LogP contribution in [0.5, 0.6) is 11.5 Å². The number of rotatable bonds is 7. The van der Waals surface area contributed by atoms with Crippen LogP contribution in [-0.2, 0) is 12.8 Å². The minimum Gasteiger partial charge on any atom is -0.497 e. The molecule has 0 saturated heterocycles. The molecule has 2 aromatic rings. The molecule has 1 heterocycles. The highest BCUT2D eigenvalue weighted by molar-refractivity contribution is 7.16. The molecule has 4 rings (SSSR count). The summed E-state index contributed by atoms with van der Waals surface area (Å²) in [4.78, 5) is 19.1. The summed E-state index contributed by atoms with van der Waals surface area (Å²) < 4.78 is 10.8. The van der Waals surface area contributed by atoms with Gasteiger partial charge in [0, 0.05) is 22.7 Å². The van der Waals surface area contributed by atoms with E-state index in [1.165, 1.54) is 16.9 Å². The van der Waals surface area contributed by atoms with Crippen LogP contribution in [0.3, 0.4) is 0 Å². The van der Waals surface area contributed by atoms with E-state index in [1.807, 2.05) is 18.2 Å². The van der Waals surface area contributed by atoms with Gasteiger partial charge in [-0.15, -0.1) is 11.3 Å². The SMILES string of the molecule is CCC1CCc2c(sc(/N=C/c3cc(OC)ccc3OC)c2C(=O)NC2CC2)C1. The number of thiophene rings is 1. The van der Waals surface area contributed by atoms with Crippen molar-refractivity contribution in [1.82, 2.24) is 5.32 Å². The van der Waals surface area contributed by atoms with E-state index in [-0.39, 0.29) is 5.91 Å². The molecule has 1 amide bonds. The summed E-state index contributed by atoms with van der Waals surface area (Å²) in [5, 5.41) is 3.96. The Bertz CT molecular complexity index is 930. The van der Waals surface area contributed by atoms with Crippen LogP contribution >= 0.6 is 11.3 Å². The smallest absolute Gasteiger partial charge is 0.254 e. The fraction of sp³-hybridized carbons (Fsp3) is 0.478. The highest BCUT2D eigenvalue weighted by atomic mass is 32.1. The van der Waals surface area contributed by atoms with E-state index < -0.39 is 0 Å². The van der Waals surface area contributed by atoms with Crippen LogP contribution in [0, 0.1) is 5.92 Å². The normalized spacial score (nSPS) is 18.5. The van der Waals surface area contributed by atoms with Gasteiger partial charge in [-0.1, -0.05) is 13.3 Å². The first-order valence-corrected chi connectivity index (χ1v) is 11.2. The fourth-order valence-electron chi connectivity index (χ4n) is 3.87. The van der Waals surface area contributed by atoms with Gasteiger partial charge in [-0.2, -0.15) is 0 Å². The molecule has 1 atom stereocenters. The lowest BCUT2D eigenvalue weighted by atomic mass is 9.85. The molecule has 1 aromatic heterocycles. The zero-order chi connectivity index (χ0) is 20.4. The number of benzene rings is 1. The second kappa shape index (κ2) is 8.57. The predicted octanol–water partition coefficient (Wildman–Crippen LogP) is 4.92. The molecule has 5 nitrogen and oxygen atoms in total. The summed E-state index contributed by atoms with van der Waals surface area (Å²) in [6, 6.07) is 5.96. The van der Waals surface area contributed by atoms with Crippen LogP contribution in [0.15, 0.2) is 23.2 Å². The minimum atomic E-state index is 0.0321. The lowest BCUT2D eigenvalue weighted by molar-refractivity contribution is 0.0951. The third-order valence-electron chi connectivity index (χ3n) is 5.82. The van der Waals surface area contributed by atoms with E-state index in [2.05, 4.69) is 12.2 Å². The first-order valence-electron chi connectivity index (χ1n) is 10.3. The number of carbonyl (C=O) groups is 1. The van der Waals surface area contributed by atoms with Crippen molar-refractivity contribution in [2.45, 2.75) is 51.5 Å². The fourth-order valence-corrected chi connectivity index (χ4v) is 5.17. The minimum absolute atomic E-state index is 0.0321. The Morgan fingerprint density at radius 2 is 2.10 bits per heavy atom. The molecule has 0 spiro atoms. The van der Waals surface area contributed by atoms with Crippen molar-refractivity contribution < 1.29 is 14.3 Å². The summed E-state index contributed by atoms with van der Waals surface area (Å²) in [5.41, 5.74) is 2.82. The molecule has 0 bridgehead atoms. The average molecular weight is 413 g/mol. The zero-order valence-corrected chi connectivity index (χ0v) is 18.1. The summed E-state index contributed by atoms with van der Waals surface area (Å²) in [7, 11) is 3.28. The molecule has 1 saturated carbocycles. The van der Waals surface area contributed by atoms with E-state index >= 15 is 0 Å². The van der Waals surface area contributed by atoms with Gasteiger partial charge in [0.1, 0.15) is 16.5 Å². The van der Waals surface area contributed by atoms with E-state index in [0.717, 1.165) is 59.7 Å². The van der Waals surface area contributed by atoms with Gasteiger partial charge in [0.25, 0.3) is 5.91 Å². The molecule has 2 aliphatic carbocycles. The van der Waals surface area contributed by atoms with Crippen molar-refractivity contribution in [3.63, 3.8) is 0 Å². The molecule has 6 heteroatoms. The third-order valence-corrected chi connectivity index (χ3v) is 6.99. The van der Waals surface area contributed by atoms with Crippen LogP contribution in [0.25, 0.3) is 0 Å². The first kappa shape index (κ1) is 20.0. The number of methoxy groups -OCH3 is 2. The Kier molecular flexibility index (Phi) is 5.90. The number of amides is 1. The molecule has 1 fully saturated rings. The molecule has 29 heavy (non-hydrogen) atoms. The maximum atomic E-state index is 13.0. The second-order valence-electron chi connectivity index (χ2n) is 7.81. The summed E-state index contributed by atoms with van der Waals surface area (Å²) >= 11 is 1.67. The Balaban J connectivity index is 1.70. The Labute approximate surface area is 176 Å². The topological polar surface area (TPSA) is 59.9 Å². The van der Waals surface area contributed by atoms with E-state index in [1.54, 1.807) is 31.8 Å². The highest BCUT2D eigenvalue weighted by Crippen LogP contribution is 2.42. The van der Waals surface area contributed by atoms with Gasteiger partial charge in [-0.05, 0) is 61.8 Å². The van der Waals surface area contributed by atoms with Crippen molar-refractivity contribution in [2.24, 2.45) is 10.9 Å². The lowest BCUT2D eigenvalue weighted by Crippen LogP contribution is -2.26. The number of nitrogens with zero attached hydrogens (tertiary/aromatic N) is 1. The monoisotopic (exact) mass is 412 g/mol. The molecular weight excluding hydrogens is 384 g/mol. The quantitative estimate of drug-likeness (QED) is 0.657. The maximum Gasteiger partial charge on any atom is 0.254 e. The van der Waals surface area contributed by atoms with Gasteiger partial charge in [-0.3, -0.25) is 4.79 Å². The van der Waals surface area contributed by atoms with Gasteiger partial charge >= 0.3 is 0 Å². The highest BCUT2D eigenvalue weighted by Gasteiger charge is 2.31. The molecule has 0 aliphatic heterocycles. The molecule has 2 aliphatic rings. The Morgan fingerprint density at radius 3 is 2.79 bits per heavy atom. The van der Waals surface area contributed by atoms with Crippen molar-refractivity contribution in [3.05, 3.63) is 39.8 Å². The summed E-state index contributed by atoms with van der Waals surface area (Å²) in [5.74, 6) is 2.21. The first-order chi connectivity index (χ1) is 14.1. The third kappa shape index (κ3) is 4.32. The average Bonchev–Trinajstić information content (AvgIpc) is 3.48. The largest absolute Gasteiger partial charge is 0.497 e. The van der Waals surface area contributed by atoms with Crippen LogP contribution in [0.4, 0.5) is 5.00 Å². The number of aliphatic imine (C=N–C) groups is 1. The number of fused-ring (bicyclic) bond motifs is 1. The number of hydrogen-bond acceptors (Lipinski definition) is 5. The van der Waals surface area contributed by atoms with Crippen LogP contribution in [0.2, 0.25) is 0 Å². The second-order valence-corrected chi connectivity index (χ2v) is 8.90. The number of carbonyl (C=O) groups excluding carboxylic acids is 1. The Hall–Kier alpha value is -2.34. The lowest BCUT2D eigenvalue weighted by Gasteiger charge is -2.21. The van der Waals surface area contributed by atoms with E-state index in [4.69, 9.17) is 14.5 Å². The molecule has 1 unspecified atom stereocenters. The molecule has 1 N–H and O–H groups in total. The van der Waals surface area contributed by atoms with Crippen molar-refractivity contribution in [2.75, 3.05) is 14.2 Å². The number of nitrogens with one attached hydrogen (secondary N) is 1. The summed E-state index contributed by atoms with van der Waals surface area (Å²) in [6.45, 7) is 2.25. The van der Waals surface area contributed by atoms with Gasteiger partial charge in [0.2, 0.25) is 0 Å². The van der Waals surface area contributed by atoms with Crippen LogP contribution < -0.4 is 14.8 Å². The van der Waals surface area contributed by atoms with Crippen molar-refractivity contribution in [1.29, 1.82) is 0 Å². The van der Waals surface area contributed by atoms with E-state index in [0.29, 0.717) is 12.0 Å². The van der Waals surface area contributed by atoms with Crippen molar-refractivity contribution in [3.8, 4) is 11.5 Å². The van der Waals surface area contributed by atoms with Gasteiger partial charge in [0.15, 0.2) is 0 Å². The zero-order valence-electron chi connectivity index (χ0n) is 17.3. The number of ether oxygens (including phenoxy) is 2. The standard InChI is InChI=1S/C23H28N2O3S/c1-4-14-5-9-18-20(11-14)29-23(21(18)22(26)25-16-6-7-16)24-13-15-12-17(27-2)8-10-19(15)28-3/h8,10,12-14,16H,4-7,9,11H2,1-3H3,(H,25,26)/b24-13+. The van der Waals surface area contributed by atoms with E-state index in [9.17, 15) is 4.79 Å². The van der Waals surface area contributed by atoms with Crippen LogP contribution in [0.1, 0.15) is 59.0 Å². The molecular formula is C23H28N2O3S. The molecule has 154 valence electrons. The maximum absolute atomic E-state index is 13.0. The Morgan fingerprint density at radius 1 is 1.28 bits per heavy atom.